The van der Waals surface area contributed by atoms with Crippen molar-refractivity contribution in [3.05, 3.63) is 57.7 Å². The minimum atomic E-state index is -0.816. The van der Waals surface area contributed by atoms with E-state index in [1.54, 1.807) is 36.1 Å². The zero-order chi connectivity index (χ0) is 26.2. The van der Waals surface area contributed by atoms with Crippen LogP contribution in [0.15, 0.2) is 42.1 Å². The number of rotatable bonds is 9. The number of ether oxygens (including phenoxy) is 2. The highest BCUT2D eigenvalue weighted by molar-refractivity contribution is 6.35. The van der Waals surface area contributed by atoms with Crippen molar-refractivity contribution in [2.24, 2.45) is 0 Å². The fraction of sp³-hybridized carbons (Fsp3) is 0.480. The first-order chi connectivity index (χ1) is 17.3. The van der Waals surface area contributed by atoms with Crippen LogP contribution in [0.3, 0.4) is 0 Å². The van der Waals surface area contributed by atoms with E-state index in [4.69, 9.17) is 32.7 Å². The second kappa shape index (κ2) is 13.1. The van der Waals surface area contributed by atoms with Crippen LogP contribution in [0.25, 0.3) is 0 Å². The fourth-order valence-electron chi connectivity index (χ4n) is 4.42. The molecule has 0 unspecified atom stereocenters. The zero-order valence-electron chi connectivity index (χ0n) is 20.6. The molecular formula is C25H32Cl2N4O5. The van der Waals surface area contributed by atoms with Gasteiger partial charge in [-0.3, -0.25) is 14.6 Å². The van der Waals surface area contributed by atoms with Gasteiger partial charge in [-0.1, -0.05) is 35.3 Å². The second-order valence-corrected chi connectivity index (χ2v) is 9.32. The number of hydrogen-bond donors (Lipinski definition) is 1. The molecule has 0 aliphatic carbocycles. The van der Waals surface area contributed by atoms with E-state index in [-0.39, 0.29) is 31.7 Å². The number of nitrogens with one attached hydrogen (secondary N) is 1. The third-order valence-electron chi connectivity index (χ3n) is 6.10. The third kappa shape index (κ3) is 6.59. The van der Waals surface area contributed by atoms with E-state index in [1.165, 1.54) is 12.0 Å². The quantitative estimate of drug-likeness (QED) is 0.383. The Morgan fingerprint density at radius 2 is 2.00 bits per heavy atom. The van der Waals surface area contributed by atoms with Gasteiger partial charge >= 0.3 is 12.0 Å². The lowest BCUT2D eigenvalue weighted by Gasteiger charge is -2.38. The van der Waals surface area contributed by atoms with Crippen LogP contribution in [0, 0.1) is 0 Å². The molecule has 1 aromatic carbocycles. The molecule has 11 heteroatoms. The Morgan fingerprint density at radius 3 is 2.67 bits per heavy atom. The molecule has 2 aliphatic rings. The number of carbonyl (C=O) groups excluding carboxylic acids is 3. The molecule has 0 radical (unpaired) electrons. The predicted molar refractivity (Wildman–Crippen MR) is 138 cm³/mol. The van der Waals surface area contributed by atoms with E-state index in [0.29, 0.717) is 59.6 Å². The van der Waals surface area contributed by atoms with Gasteiger partial charge in [-0.15, -0.1) is 6.58 Å². The van der Waals surface area contributed by atoms with E-state index >= 15 is 0 Å². The summed E-state index contributed by atoms with van der Waals surface area (Å²) in [6.07, 6.45) is 2.35. The van der Waals surface area contributed by atoms with Gasteiger partial charge in [-0.2, -0.15) is 0 Å². The molecule has 1 atom stereocenters. The second-order valence-electron chi connectivity index (χ2n) is 8.47. The standard InChI is InChI=1S/C25H32Cl2N4O5/c1-4-9-31-20(15-29-10-6-11-30(13-12-29)21(32)16-35-3)22(24(33)36-5-2)23(28-25(31)34)18-8-7-17(26)14-19(18)27/h4,7-8,14,23H,1,5-6,9-13,15-16H2,2-3H3,(H,28,34)/t23-/m0/s1. The molecule has 3 rings (SSSR count). The number of methoxy groups -OCH3 is 1. The van der Waals surface area contributed by atoms with Crippen LogP contribution in [0.2, 0.25) is 10.0 Å². The molecule has 1 saturated heterocycles. The molecule has 3 amide bonds. The first-order valence-corrected chi connectivity index (χ1v) is 12.6. The molecule has 196 valence electrons. The maximum atomic E-state index is 13.3. The molecule has 0 spiro atoms. The summed E-state index contributed by atoms with van der Waals surface area (Å²) in [5.41, 5.74) is 1.37. The Morgan fingerprint density at radius 1 is 1.22 bits per heavy atom. The summed E-state index contributed by atoms with van der Waals surface area (Å²) in [5, 5.41) is 3.67. The van der Waals surface area contributed by atoms with Gasteiger partial charge in [0.1, 0.15) is 6.61 Å². The number of nitrogens with zero attached hydrogens (tertiary/aromatic N) is 3. The van der Waals surface area contributed by atoms with E-state index in [0.717, 1.165) is 6.42 Å². The van der Waals surface area contributed by atoms with Crippen molar-refractivity contribution in [1.29, 1.82) is 0 Å². The van der Waals surface area contributed by atoms with E-state index in [1.807, 2.05) is 0 Å². The lowest BCUT2D eigenvalue weighted by Crippen LogP contribution is -2.51. The monoisotopic (exact) mass is 538 g/mol. The van der Waals surface area contributed by atoms with Gasteiger partial charge in [-0.25, -0.2) is 9.59 Å². The number of hydrogen-bond acceptors (Lipinski definition) is 6. The Balaban J connectivity index is 2.02. The van der Waals surface area contributed by atoms with Crippen LogP contribution in [-0.4, -0.2) is 92.2 Å². The van der Waals surface area contributed by atoms with E-state index in [9.17, 15) is 14.4 Å². The van der Waals surface area contributed by atoms with Gasteiger partial charge in [0.25, 0.3) is 0 Å². The Labute approximate surface area is 221 Å². The Bertz CT molecular complexity index is 1030. The number of benzene rings is 1. The lowest BCUT2D eigenvalue weighted by molar-refractivity contribution is -0.139. The highest BCUT2D eigenvalue weighted by Crippen LogP contribution is 2.36. The minimum Gasteiger partial charge on any atom is -0.463 e. The van der Waals surface area contributed by atoms with Crippen LogP contribution < -0.4 is 5.32 Å². The summed E-state index contributed by atoms with van der Waals surface area (Å²) in [4.78, 5) is 44.3. The van der Waals surface area contributed by atoms with Crippen molar-refractivity contribution < 1.29 is 23.9 Å². The number of halogens is 2. The number of carbonyl (C=O) groups is 3. The summed E-state index contributed by atoms with van der Waals surface area (Å²) >= 11 is 12.6. The number of urea groups is 1. The summed E-state index contributed by atoms with van der Waals surface area (Å²) in [7, 11) is 1.50. The molecule has 2 aliphatic heterocycles. The van der Waals surface area contributed by atoms with E-state index in [2.05, 4.69) is 16.8 Å². The summed E-state index contributed by atoms with van der Waals surface area (Å²) < 4.78 is 10.4. The van der Waals surface area contributed by atoms with Gasteiger partial charge in [0.05, 0.1) is 18.2 Å². The largest absolute Gasteiger partial charge is 0.463 e. The topological polar surface area (TPSA) is 91.4 Å². The molecule has 0 bridgehead atoms. The summed E-state index contributed by atoms with van der Waals surface area (Å²) in [6, 6.07) is 3.74. The minimum absolute atomic E-state index is 0.0367. The van der Waals surface area contributed by atoms with Gasteiger partial charge < -0.3 is 19.7 Å². The maximum absolute atomic E-state index is 13.3. The molecule has 1 aromatic rings. The van der Waals surface area contributed by atoms with Crippen molar-refractivity contribution in [3.63, 3.8) is 0 Å². The normalized spacial score (nSPS) is 19.1. The average Bonchev–Trinajstić information content (AvgIpc) is 3.07. The Hall–Kier alpha value is -2.59. The van der Waals surface area contributed by atoms with E-state index < -0.39 is 12.0 Å². The molecule has 2 heterocycles. The average molecular weight is 539 g/mol. The van der Waals surface area contributed by atoms with Gasteiger partial charge in [0.15, 0.2) is 0 Å². The zero-order valence-corrected chi connectivity index (χ0v) is 22.1. The first-order valence-electron chi connectivity index (χ1n) is 11.8. The molecule has 1 N–H and O–H groups in total. The van der Waals surface area contributed by atoms with Crippen LogP contribution in [-0.2, 0) is 19.1 Å². The number of esters is 1. The van der Waals surface area contributed by atoms with Gasteiger partial charge in [0, 0.05) is 62.1 Å². The SMILES string of the molecule is C=CCN1C(=O)N[C@@H](c2ccc(Cl)cc2Cl)C(C(=O)OCC)=C1CN1CCCN(C(=O)COC)CC1. The van der Waals surface area contributed by atoms with Crippen molar-refractivity contribution in [2.45, 2.75) is 19.4 Å². The molecule has 0 aromatic heterocycles. The van der Waals surface area contributed by atoms with Crippen LogP contribution >= 0.6 is 23.2 Å². The maximum Gasteiger partial charge on any atom is 0.338 e. The third-order valence-corrected chi connectivity index (χ3v) is 6.66. The highest BCUT2D eigenvalue weighted by Gasteiger charge is 2.39. The lowest BCUT2D eigenvalue weighted by atomic mass is 9.94. The smallest absolute Gasteiger partial charge is 0.338 e. The van der Waals surface area contributed by atoms with Crippen molar-refractivity contribution in [1.82, 2.24) is 20.0 Å². The van der Waals surface area contributed by atoms with Gasteiger partial charge in [-0.05, 0) is 31.0 Å². The fourth-order valence-corrected chi connectivity index (χ4v) is 4.94. The summed E-state index contributed by atoms with van der Waals surface area (Å²) in [6.45, 7) is 8.62. The highest BCUT2D eigenvalue weighted by atomic mass is 35.5. The predicted octanol–water partition coefficient (Wildman–Crippen LogP) is 3.24. The number of amides is 3. The van der Waals surface area contributed by atoms with Crippen LogP contribution in [0.1, 0.15) is 24.9 Å². The molecule has 0 saturated carbocycles. The summed E-state index contributed by atoms with van der Waals surface area (Å²) in [5.74, 6) is -0.599. The first kappa shape index (κ1) is 28.0. The molecular weight excluding hydrogens is 507 g/mol. The van der Waals surface area contributed by atoms with Crippen molar-refractivity contribution >= 4 is 41.1 Å². The van der Waals surface area contributed by atoms with Crippen molar-refractivity contribution in [3.8, 4) is 0 Å². The van der Waals surface area contributed by atoms with Gasteiger partial charge in [0.2, 0.25) is 5.91 Å². The van der Waals surface area contributed by atoms with Crippen molar-refractivity contribution in [2.75, 3.05) is 59.6 Å². The van der Waals surface area contributed by atoms with Crippen LogP contribution in [0.4, 0.5) is 4.79 Å². The molecule has 9 nitrogen and oxygen atoms in total. The molecule has 36 heavy (non-hydrogen) atoms. The van der Waals surface area contributed by atoms with Crippen LogP contribution in [0.5, 0.6) is 0 Å². The molecule has 1 fully saturated rings. The Kier molecular flexibility index (Phi) is 10.2.